The zero-order chi connectivity index (χ0) is 34.6. The molecule has 1 amide bonds. The first kappa shape index (κ1) is 35.6. The van der Waals surface area contributed by atoms with Gasteiger partial charge in [0.2, 0.25) is 5.88 Å². The summed E-state index contributed by atoms with van der Waals surface area (Å²) in [7, 11) is 1.60. The number of methoxy groups -OCH3 is 1. The van der Waals surface area contributed by atoms with Crippen molar-refractivity contribution >= 4 is 28.7 Å². The topological polar surface area (TPSA) is 140 Å². The van der Waals surface area contributed by atoms with Gasteiger partial charge in [0.15, 0.2) is 5.78 Å². The lowest BCUT2D eigenvalue weighted by Gasteiger charge is -2.42. The quantitative estimate of drug-likeness (QED) is 0.362. The molecule has 48 heavy (non-hydrogen) atoms. The van der Waals surface area contributed by atoms with Crippen molar-refractivity contribution in [3.05, 3.63) is 23.9 Å². The summed E-state index contributed by atoms with van der Waals surface area (Å²) >= 11 is 0. The number of fused-ring (bicyclic) bond motifs is 5. The number of carbonyl (C=O) groups excluding carboxylic acids is 3. The molecule has 2 heterocycles. The van der Waals surface area contributed by atoms with Crippen LogP contribution in [0.2, 0.25) is 0 Å². The zero-order valence-corrected chi connectivity index (χ0v) is 29.4. The normalized spacial score (nSPS) is 28.9. The highest BCUT2D eigenvalue weighted by atomic mass is 16.6. The van der Waals surface area contributed by atoms with E-state index in [2.05, 4.69) is 11.4 Å². The summed E-state index contributed by atoms with van der Waals surface area (Å²) in [5.74, 6) is -0.691. The number of nitriles is 1. The number of ether oxygens (including phenoxy) is 3. The number of Topliss-reactive ketones (excluding diaryl/α,β-unsaturated/α-hetero) is 2. The van der Waals surface area contributed by atoms with Crippen LogP contribution in [0.1, 0.15) is 105 Å². The highest BCUT2D eigenvalue weighted by molar-refractivity contribution is 5.91. The Hall–Kier alpha value is -3.74. The minimum atomic E-state index is -0.833. The summed E-state index contributed by atoms with van der Waals surface area (Å²) in [6, 6.07) is 7.02. The molecule has 1 N–H and O–H groups in total. The van der Waals surface area contributed by atoms with Gasteiger partial charge in [0.25, 0.3) is 0 Å². The highest BCUT2D eigenvalue weighted by Crippen LogP contribution is 2.42. The van der Waals surface area contributed by atoms with Gasteiger partial charge in [-0.05, 0) is 74.8 Å². The van der Waals surface area contributed by atoms with Crippen molar-refractivity contribution in [2.75, 3.05) is 7.11 Å². The molecule has 0 radical (unpaired) electrons. The first-order chi connectivity index (χ1) is 22.9. The fraction of sp³-hybridized carbons (Fsp3) is 0.684. The Labute approximate surface area is 284 Å². The van der Waals surface area contributed by atoms with Crippen molar-refractivity contribution in [3.63, 3.8) is 0 Å². The fourth-order valence-electron chi connectivity index (χ4n) is 7.98. The predicted octanol–water partition coefficient (Wildman–Crippen LogP) is 7.16. The molecule has 2 saturated carbocycles. The van der Waals surface area contributed by atoms with Crippen LogP contribution in [0.4, 0.5) is 4.79 Å². The maximum atomic E-state index is 14.5. The smallest absolute Gasteiger partial charge is 0.408 e. The third-order valence-electron chi connectivity index (χ3n) is 10.6. The predicted molar refractivity (Wildman–Crippen MR) is 181 cm³/mol. The van der Waals surface area contributed by atoms with Gasteiger partial charge in [-0.1, -0.05) is 47.5 Å². The molecular weight excluding hydrogens is 608 g/mol. The van der Waals surface area contributed by atoms with Crippen molar-refractivity contribution in [3.8, 4) is 17.7 Å². The van der Waals surface area contributed by atoms with E-state index < -0.39 is 41.4 Å². The Morgan fingerprint density at radius 2 is 1.79 bits per heavy atom. The second kappa shape index (κ2) is 15.2. The molecule has 2 fully saturated rings. The standard InChI is InChI=1S/C38H52N4O6/c1-22(2)33(43)27-19-24-20-32(26(27)17-18-39)47-36-29(40-28-16-15-25(46-6)21-30(28)41-36)13-9-7-8-11-23-12-10-14-31(23)48-37(45)42-35(34(24)44)38(3,4)5/h15-16,21-24,26-27,31-32,35H,7-14,17,19-20H2,1-6H3,(H,42,45). The van der Waals surface area contributed by atoms with Gasteiger partial charge in [0.05, 0.1) is 30.3 Å². The molecule has 3 aliphatic rings. The molecule has 1 aromatic heterocycles. The molecular formula is C38H52N4O6. The average Bonchev–Trinajstić information content (AvgIpc) is 3.48. The van der Waals surface area contributed by atoms with Crippen molar-refractivity contribution in [2.45, 2.75) is 123 Å². The van der Waals surface area contributed by atoms with Crippen LogP contribution in [0, 0.1) is 46.3 Å². The lowest BCUT2D eigenvalue weighted by atomic mass is 9.65. The lowest BCUT2D eigenvalue weighted by Crippen LogP contribution is -2.54. The Bertz CT molecular complexity index is 1530. The van der Waals surface area contributed by atoms with Gasteiger partial charge in [-0.2, -0.15) is 5.26 Å². The molecule has 2 aromatic rings. The van der Waals surface area contributed by atoms with Crippen molar-refractivity contribution in [2.24, 2.45) is 35.0 Å². The molecule has 1 aromatic carbocycles. The van der Waals surface area contributed by atoms with Crippen LogP contribution in [-0.4, -0.2) is 53.0 Å². The number of amides is 1. The number of aromatic nitrogens is 2. The van der Waals surface area contributed by atoms with Crippen LogP contribution in [0.15, 0.2) is 18.2 Å². The van der Waals surface area contributed by atoms with E-state index in [0.29, 0.717) is 42.3 Å². The summed E-state index contributed by atoms with van der Waals surface area (Å²) in [6.07, 6.45) is 6.66. The SMILES string of the molecule is COc1ccc2nc3c(nc2c1)OC1CC(CC(C(=O)C(C)C)C1CC#N)C(=O)C(C(C)(C)C)NC(=O)OC1CCCC1CCCCC3. The van der Waals surface area contributed by atoms with E-state index in [4.69, 9.17) is 24.2 Å². The van der Waals surface area contributed by atoms with Gasteiger partial charge in [-0.3, -0.25) is 9.59 Å². The van der Waals surface area contributed by atoms with Gasteiger partial charge in [-0.25, -0.2) is 14.8 Å². The third-order valence-corrected chi connectivity index (χ3v) is 10.6. The average molecular weight is 661 g/mol. The van der Waals surface area contributed by atoms with Crippen LogP contribution in [-0.2, 0) is 20.7 Å². The van der Waals surface area contributed by atoms with Gasteiger partial charge < -0.3 is 19.5 Å². The molecule has 2 aliphatic carbocycles. The van der Waals surface area contributed by atoms with Crippen LogP contribution in [0.25, 0.3) is 11.0 Å². The maximum Gasteiger partial charge on any atom is 0.408 e. The first-order valence-electron chi connectivity index (χ1n) is 17.8. The number of nitrogens with zero attached hydrogens (tertiary/aromatic N) is 3. The molecule has 0 saturated heterocycles. The molecule has 7 atom stereocenters. The Balaban J connectivity index is 1.59. The molecule has 2 bridgehead atoms. The summed E-state index contributed by atoms with van der Waals surface area (Å²) in [6.45, 7) is 9.48. The number of alkyl carbamates (subject to hydrolysis) is 1. The van der Waals surface area contributed by atoms with Crippen molar-refractivity contribution < 1.29 is 28.6 Å². The Morgan fingerprint density at radius 3 is 2.50 bits per heavy atom. The number of nitrogens with one attached hydrogen (secondary N) is 1. The number of hydrogen-bond acceptors (Lipinski definition) is 9. The summed E-state index contributed by atoms with van der Waals surface area (Å²) in [5, 5.41) is 12.9. The largest absolute Gasteiger partial charge is 0.497 e. The molecule has 10 nitrogen and oxygen atoms in total. The van der Waals surface area contributed by atoms with Gasteiger partial charge >= 0.3 is 6.09 Å². The van der Waals surface area contributed by atoms with Crippen molar-refractivity contribution in [1.29, 1.82) is 5.26 Å². The molecule has 1 aliphatic heterocycles. The van der Waals surface area contributed by atoms with Crippen LogP contribution in [0.3, 0.4) is 0 Å². The van der Waals surface area contributed by atoms with E-state index in [0.717, 1.165) is 56.2 Å². The van der Waals surface area contributed by atoms with Gasteiger partial charge in [0.1, 0.15) is 29.4 Å². The van der Waals surface area contributed by atoms with Crippen LogP contribution >= 0.6 is 0 Å². The fourth-order valence-corrected chi connectivity index (χ4v) is 7.98. The Morgan fingerprint density at radius 1 is 1.02 bits per heavy atom. The molecule has 5 rings (SSSR count). The van der Waals surface area contributed by atoms with Gasteiger partial charge in [0, 0.05) is 36.2 Å². The number of aryl methyl sites for hydroxylation is 1. The molecule has 10 heteroatoms. The highest BCUT2D eigenvalue weighted by Gasteiger charge is 2.48. The van der Waals surface area contributed by atoms with E-state index in [-0.39, 0.29) is 30.0 Å². The number of rotatable bonds is 4. The van der Waals surface area contributed by atoms with Crippen LogP contribution in [0.5, 0.6) is 11.6 Å². The summed E-state index contributed by atoms with van der Waals surface area (Å²) in [5.41, 5.74) is 1.47. The van der Waals surface area contributed by atoms with Gasteiger partial charge in [-0.15, -0.1) is 0 Å². The number of hydrogen-bond donors (Lipinski definition) is 1. The second-order valence-electron chi connectivity index (χ2n) is 15.4. The van der Waals surface area contributed by atoms with E-state index in [1.165, 1.54) is 0 Å². The minimum Gasteiger partial charge on any atom is -0.497 e. The summed E-state index contributed by atoms with van der Waals surface area (Å²) < 4.78 is 18.2. The summed E-state index contributed by atoms with van der Waals surface area (Å²) in [4.78, 5) is 51.6. The van der Waals surface area contributed by atoms with Crippen molar-refractivity contribution in [1.82, 2.24) is 15.3 Å². The van der Waals surface area contributed by atoms with Crippen LogP contribution < -0.4 is 14.8 Å². The number of benzene rings is 1. The monoisotopic (exact) mass is 660 g/mol. The second-order valence-corrected chi connectivity index (χ2v) is 15.4. The van der Waals surface area contributed by atoms with E-state index in [1.807, 2.05) is 52.8 Å². The molecule has 260 valence electrons. The van der Waals surface area contributed by atoms with E-state index in [1.54, 1.807) is 7.11 Å². The maximum absolute atomic E-state index is 14.5. The zero-order valence-electron chi connectivity index (χ0n) is 29.4. The lowest BCUT2D eigenvalue weighted by molar-refractivity contribution is -0.137. The first-order valence-corrected chi connectivity index (χ1v) is 17.8. The number of ketones is 2. The van der Waals surface area contributed by atoms with E-state index in [9.17, 15) is 19.6 Å². The van der Waals surface area contributed by atoms with E-state index >= 15 is 0 Å². The number of carbonyl (C=O) groups is 3. The molecule has 7 unspecified atom stereocenters. The minimum absolute atomic E-state index is 0.00463. The third kappa shape index (κ3) is 8.10. The molecule has 0 spiro atoms. The Kier molecular flexibility index (Phi) is 11.3.